The number of carbonyl (C=O) groups excluding carboxylic acids is 1. The molecule has 0 aromatic heterocycles. The first-order valence-electron chi connectivity index (χ1n) is 9.96. The fourth-order valence-electron chi connectivity index (χ4n) is 4.13. The third-order valence-corrected chi connectivity index (χ3v) is 5.89. The smallest absolute Gasteiger partial charge is 0.231 e. The normalized spacial score (nSPS) is 16.5. The van der Waals surface area contributed by atoms with Gasteiger partial charge in [-0.15, -0.1) is 12.4 Å². The number of nitrogens with two attached hydrogens (primary N) is 1. The highest BCUT2D eigenvalue weighted by atomic mass is 35.5. The number of carbonyl (C=O) groups is 1. The number of hydrogen-bond acceptors (Lipinski definition) is 3. The van der Waals surface area contributed by atoms with Gasteiger partial charge >= 0.3 is 0 Å². The van der Waals surface area contributed by atoms with Gasteiger partial charge in [-0.25, -0.2) is 4.39 Å². The van der Waals surface area contributed by atoms with Gasteiger partial charge in [0.05, 0.1) is 11.5 Å². The first-order chi connectivity index (χ1) is 14.1. The average molecular weight is 429 g/mol. The number of ether oxygens (including phenoxy) is 1. The van der Waals surface area contributed by atoms with Crippen LogP contribution < -0.4 is 11.1 Å². The van der Waals surface area contributed by atoms with Gasteiger partial charge in [0.2, 0.25) is 5.91 Å². The number of amides is 1. The molecule has 0 bridgehead atoms. The van der Waals surface area contributed by atoms with Crippen molar-refractivity contribution in [3.63, 3.8) is 0 Å². The summed E-state index contributed by atoms with van der Waals surface area (Å²) in [4.78, 5) is 13.5. The Labute approximate surface area is 182 Å². The van der Waals surface area contributed by atoms with Gasteiger partial charge in [-0.2, -0.15) is 0 Å². The van der Waals surface area contributed by atoms with Gasteiger partial charge in [0.25, 0.3) is 0 Å². The molecule has 3 aromatic carbocycles. The van der Waals surface area contributed by atoms with Gasteiger partial charge in [0.1, 0.15) is 5.82 Å². The second-order valence-electron chi connectivity index (χ2n) is 7.57. The average Bonchev–Trinajstić information content (AvgIpc) is 2.78. The van der Waals surface area contributed by atoms with Crippen molar-refractivity contribution >= 4 is 29.1 Å². The largest absolute Gasteiger partial charge is 0.381 e. The van der Waals surface area contributed by atoms with E-state index in [-0.39, 0.29) is 30.2 Å². The number of benzene rings is 3. The van der Waals surface area contributed by atoms with E-state index in [1.165, 1.54) is 12.1 Å². The first kappa shape index (κ1) is 22.2. The van der Waals surface area contributed by atoms with Crippen molar-refractivity contribution in [1.29, 1.82) is 0 Å². The second kappa shape index (κ2) is 9.56. The molecular formula is C24H26ClFN2O2. The lowest BCUT2D eigenvalue weighted by molar-refractivity contribution is -0.131. The van der Waals surface area contributed by atoms with Crippen molar-refractivity contribution in [2.24, 2.45) is 5.73 Å². The van der Waals surface area contributed by atoms with Crippen LogP contribution >= 0.6 is 12.4 Å². The SMILES string of the molecule is Cl.NCC(NC(=O)C1(c2ccc(F)cc2)CCOCC1)c1ccc2ccccc2c1. The topological polar surface area (TPSA) is 64.3 Å². The van der Waals surface area contributed by atoms with Gasteiger partial charge in [-0.1, -0.05) is 48.5 Å². The molecule has 1 saturated heterocycles. The Morgan fingerprint density at radius 3 is 2.37 bits per heavy atom. The molecule has 4 rings (SSSR count). The van der Waals surface area contributed by atoms with E-state index >= 15 is 0 Å². The third-order valence-electron chi connectivity index (χ3n) is 5.89. The number of rotatable bonds is 5. The van der Waals surface area contributed by atoms with Crippen LogP contribution in [0.1, 0.15) is 30.0 Å². The molecule has 4 nitrogen and oxygen atoms in total. The van der Waals surface area contributed by atoms with Crippen molar-refractivity contribution in [2.45, 2.75) is 24.3 Å². The lowest BCUT2D eigenvalue weighted by Crippen LogP contribution is -2.50. The monoisotopic (exact) mass is 428 g/mol. The van der Waals surface area contributed by atoms with Gasteiger partial charge in [-0.05, 0) is 52.9 Å². The van der Waals surface area contributed by atoms with Crippen LogP contribution in [0, 0.1) is 5.82 Å². The summed E-state index contributed by atoms with van der Waals surface area (Å²) in [5.41, 5.74) is 7.09. The number of nitrogens with one attached hydrogen (secondary N) is 1. The summed E-state index contributed by atoms with van der Waals surface area (Å²) in [6.45, 7) is 1.28. The van der Waals surface area contributed by atoms with E-state index in [0.717, 1.165) is 21.9 Å². The molecular weight excluding hydrogens is 403 g/mol. The molecule has 1 unspecified atom stereocenters. The quantitative estimate of drug-likeness (QED) is 0.638. The Hall–Kier alpha value is -2.47. The van der Waals surface area contributed by atoms with Crippen molar-refractivity contribution in [2.75, 3.05) is 19.8 Å². The minimum absolute atomic E-state index is 0. The van der Waals surface area contributed by atoms with Crippen molar-refractivity contribution in [3.8, 4) is 0 Å². The summed E-state index contributed by atoms with van der Waals surface area (Å²) in [6, 6.07) is 20.1. The highest BCUT2D eigenvalue weighted by Crippen LogP contribution is 2.36. The Bertz CT molecular complexity index is 1000. The maximum Gasteiger partial charge on any atom is 0.231 e. The minimum atomic E-state index is -0.740. The zero-order valence-electron chi connectivity index (χ0n) is 16.6. The van der Waals surface area contributed by atoms with Crippen molar-refractivity contribution in [1.82, 2.24) is 5.32 Å². The van der Waals surface area contributed by atoms with Crippen molar-refractivity contribution in [3.05, 3.63) is 83.7 Å². The molecule has 0 radical (unpaired) electrons. The molecule has 0 aliphatic carbocycles. The zero-order valence-corrected chi connectivity index (χ0v) is 17.5. The Balaban J connectivity index is 0.00000256. The number of fused-ring (bicyclic) bond motifs is 1. The lowest BCUT2D eigenvalue weighted by atomic mass is 9.73. The first-order valence-corrected chi connectivity index (χ1v) is 9.96. The molecule has 0 saturated carbocycles. The lowest BCUT2D eigenvalue weighted by Gasteiger charge is -2.37. The number of halogens is 2. The molecule has 1 fully saturated rings. The highest BCUT2D eigenvalue weighted by molar-refractivity contribution is 5.89. The predicted octanol–water partition coefficient (Wildman–Crippen LogP) is 4.27. The van der Waals surface area contributed by atoms with Crippen molar-refractivity contribution < 1.29 is 13.9 Å². The van der Waals surface area contributed by atoms with Crippen LogP contribution in [0.4, 0.5) is 4.39 Å². The Kier molecular flexibility index (Phi) is 7.08. The molecule has 3 N–H and O–H groups in total. The second-order valence-corrected chi connectivity index (χ2v) is 7.57. The van der Waals surface area contributed by atoms with Crippen LogP contribution in [0.15, 0.2) is 66.7 Å². The van der Waals surface area contributed by atoms with E-state index in [1.54, 1.807) is 12.1 Å². The van der Waals surface area contributed by atoms with E-state index < -0.39 is 5.41 Å². The standard InChI is InChI=1S/C24H25FN2O2.ClH/c25-21-9-7-20(8-10-21)24(11-13-29-14-12-24)23(28)27-22(16-26)19-6-5-17-3-1-2-4-18(17)15-19;/h1-10,15,22H,11-14,16,26H2,(H,27,28);1H. The van der Waals surface area contributed by atoms with Gasteiger partial charge in [0, 0.05) is 19.8 Å². The fourth-order valence-corrected chi connectivity index (χ4v) is 4.13. The maximum atomic E-state index is 13.5. The summed E-state index contributed by atoms with van der Waals surface area (Å²) in [6.07, 6.45) is 1.11. The fraction of sp³-hybridized carbons (Fsp3) is 0.292. The molecule has 3 aromatic rings. The predicted molar refractivity (Wildman–Crippen MR) is 119 cm³/mol. The van der Waals surface area contributed by atoms with Crippen LogP contribution in [0.25, 0.3) is 10.8 Å². The molecule has 0 spiro atoms. The van der Waals surface area contributed by atoms with Gasteiger partial charge < -0.3 is 15.8 Å². The van der Waals surface area contributed by atoms with Crippen LogP contribution in [-0.4, -0.2) is 25.7 Å². The zero-order chi connectivity index (χ0) is 20.3. The summed E-state index contributed by atoms with van der Waals surface area (Å²) in [7, 11) is 0. The van der Waals surface area contributed by atoms with E-state index in [9.17, 15) is 9.18 Å². The molecule has 30 heavy (non-hydrogen) atoms. The molecule has 1 aliphatic rings. The number of hydrogen-bond donors (Lipinski definition) is 2. The molecule has 1 amide bonds. The maximum absolute atomic E-state index is 13.5. The molecule has 1 aliphatic heterocycles. The molecule has 6 heteroatoms. The Morgan fingerprint density at radius 2 is 1.70 bits per heavy atom. The van der Waals surface area contributed by atoms with Gasteiger partial charge in [0.15, 0.2) is 0 Å². The minimum Gasteiger partial charge on any atom is -0.381 e. The molecule has 1 heterocycles. The summed E-state index contributed by atoms with van der Waals surface area (Å²) in [5, 5.41) is 5.41. The van der Waals surface area contributed by atoms with Crippen LogP contribution in [0.2, 0.25) is 0 Å². The summed E-state index contributed by atoms with van der Waals surface area (Å²) in [5.74, 6) is -0.400. The molecule has 158 valence electrons. The third kappa shape index (κ3) is 4.33. The summed E-state index contributed by atoms with van der Waals surface area (Å²) >= 11 is 0. The van der Waals surface area contributed by atoms with E-state index in [0.29, 0.717) is 32.6 Å². The molecule has 1 atom stereocenters. The Morgan fingerprint density at radius 1 is 1.03 bits per heavy atom. The summed E-state index contributed by atoms with van der Waals surface area (Å²) < 4.78 is 19.0. The highest BCUT2D eigenvalue weighted by Gasteiger charge is 2.42. The van der Waals surface area contributed by atoms with E-state index in [1.807, 2.05) is 30.3 Å². The van der Waals surface area contributed by atoms with E-state index in [2.05, 4.69) is 17.4 Å². The van der Waals surface area contributed by atoms with Gasteiger partial charge in [-0.3, -0.25) is 4.79 Å². The van der Waals surface area contributed by atoms with Crippen LogP contribution in [-0.2, 0) is 14.9 Å². The van der Waals surface area contributed by atoms with E-state index in [4.69, 9.17) is 10.5 Å². The van der Waals surface area contributed by atoms with Crippen LogP contribution in [0.3, 0.4) is 0 Å². The van der Waals surface area contributed by atoms with Crippen LogP contribution in [0.5, 0.6) is 0 Å².